The highest BCUT2D eigenvalue weighted by molar-refractivity contribution is 7.92. The number of sulfone groups is 1. The van der Waals surface area contributed by atoms with E-state index in [0.29, 0.717) is 23.5 Å². The summed E-state index contributed by atoms with van der Waals surface area (Å²) in [5, 5.41) is 6.06. The summed E-state index contributed by atoms with van der Waals surface area (Å²) in [7, 11) is -3.50. The highest BCUT2D eigenvalue weighted by Crippen LogP contribution is 2.32. The molecule has 0 aliphatic carbocycles. The zero-order valence-electron chi connectivity index (χ0n) is 21.7. The van der Waals surface area contributed by atoms with E-state index in [9.17, 15) is 8.42 Å². The Balaban J connectivity index is 1.32. The number of para-hydroxylation sites is 1. The van der Waals surface area contributed by atoms with Gasteiger partial charge in [0.1, 0.15) is 5.02 Å². The summed E-state index contributed by atoms with van der Waals surface area (Å²) >= 11 is 6.37. The molecule has 3 heterocycles. The normalized spacial score (nSPS) is 16.7. The second kappa shape index (κ2) is 11.0. The second-order valence-electron chi connectivity index (χ2n) is 9.93. The van der Waals surface area contributed by atoms with Crippen molar-refractivity contribution in [3.05, 3.63) is 70.9 Å². The number of hydrogen-bond donors (Lipinski definition) is 2. The molecule has 2 aliphatic rings. The van der Waals surface area contributed by atoms with Crippen LogP contribution in [0.4, 0.5) is 23.1 Å². The van der Waals surface area contributed by atoms with Crippen LogP contribution >= 0.6 is 11.6 Å². The van der Waals surface area contributed by atoms with Crippen LogP contribution in [-0.2, 0) is 14.6 Å². The van der Waals surface area contributed by atoms with Crippen LogP contribution in [0.5, 0.6) is 0 Å². The molecular weight excluding hydrogens is 522 g/mol. The van der Waals surface area contributed by atoms with Crippen LogP contribution in [0.15, 0.2) is 59.6 Å². The van der Waals surface area contributed by atoms with Gasteiger partial charge in [0.05, 0.1) is 41.3 Å². The van der Waals surface area contributed by atoms with E-state index >= 15 is 0 Å². The number of ether oxygens (including phenoxy) is 1. The zero-order valence-corrected chi connectivity index (χ0v) is 23.3. The molecule has 1 fully saturated rings. The molecule has 8 nitrogen and oxygen atoms in total. The van der Waals surface area contributed by atoms with Crippen molar-refractivity contribution in [1.82, 2.24) is 14.9 Å². The minimum Gasteiger partial charge on any atom is -0.378 e. The summed E-state index contributed by atoms with van der Waals surface area (Å²) in [5.74, 6) is 0.668. The van der Waals surface area contributed by atoms with E-state index in [1.54, 1.807) is 38.1 Å². The molecule has 0 radical (unpaired) electrons. The van der Waals surface area contributed by atoms with E-state index < -0.39 is 15.1 Å². The first-order valence-electron chi connectivity index (χ1n) is 12.7. The highest BCUT2D eigenvalue weighted by atomic mass is 35.5. The van der Waals surface area contributed by atoms with E-state index in [-0.39, 0.29) is 9.92 Å². The average molecular weight is 554 g/mol. The van der Waals surface area contributed by atoms with Crippen LogP contribution in [0.2, 0.25) is 5.02 Å². The van der Waals surface area contributed by atoms with Crippen molar-refractivity contribution in [3.63, 3.8) is 0 Å². The Morgan fingerprint density at radius 3 is 2.58 bits per heavy atom. The number of nitrogens with zero attached hydrogens (tertiary/aromatic N) is 3. The molecule has 0 unspecified atom stereocenters. The molecule has 2 N–H and O–H groups in total. The fourth-order valence-corrected chi connectivity index (χ4v) is 5.98. The predicted molar refractivity (Wildman–Crippen MR) is 152 cm³/mol. The van der Waals surface area contributed by atoms with Gasteiger partial charge in [-0.05, 0) is 68.2 Å². The first-order chi connectivity index (χ1) is 18.2. The molecule has 0 spiro atoms. The Morgan fingerprint density at radius 2 is 1.92 bits per heavy atom. The summed E-state index contributed by atoms with van der Waals surface area (Å²) in [4.78, 5) is 11.5. The molecule has 2 aromatic carbocycles. The molecule has 0 amide bonds. The van der Waals surface area contributed by atoms with E-state index in [1.165, 1.54) is 22.9 Å². The summed E-state index contributed by atoms with van der Waals surface area (Å²) in [6.45, 7) is 9.11. The van der Waals surface area contributed by atoms with Gasteiger partial charge in [0.15, 0.2) is 15.7 Å². The van der Waals surface area contributed by atoms with Gasteiger partial charge in [-0.1, -0.05) is 35.9 Å². The van der Waals surface area contributed by atoms with Gasteiger partial charge in [-0.3, -0.25) is 4.90 Å². The number of aromatic nitrogens is 2. The zero-order chi connectivity index (χ0) is 26.9. The Kier molecular flexibility index (Phi) is 7.72. The van der Waals surface area contributed by atoms with Gasteiger partial charge >= 0.3 is 0 Å². The Morgan fingerprint density at radius 1 is 1.13 bits per heavy atom. The number of hydrogen-bond acceptors (Lipinski definition) is 8. The minimum atomic E-state index is -3.50. The maximum absolute atomic E-state index is 12.8. The number of rotatable bonds is 8. The molecule has 0 bridgehead atoms. The molecule has 2 aliphatic heterocycles. The largest absolute Gasteiger partial charge is 0.378 e. The maximum Gasteiger partial charge on any atom is 0.229 e. The lowest BCUT2D eigenvalue weighted by molar-refractivity contribution is -0.0612. The van der Waals surface area contributed by atoms with Crippen molar-refractivity contribution in [3.8, 4) is 0 Å². The Hall–Kier alpha value is -2.98. The topological polar surface area (TPSA) is 96.5 Å². The van der Waals surface area contributed by atoms with Crippen LogP contribution in [-0.4, -0.2) is 60.9 Å². The minimum absolute atomic E-state index is 0.201. The third kappa shape index (κ3) is 5.56. The molecular formula is C28H32ClN5O3S. The van der Waals surface area contributed by atoms with Crippen LogP contribution in [0.3, 0.4) is 0 Å². The summed E-state index contributed by atoms with van der Waals surface area (Å²) < 4.78 is 31.0. The van der Waals surface area contributed by atoms with E-state index in [2.05, 4.69) is 50.6 Å². The SMILES string of the molecule is Cc1cc(Nc2ncc(Cl)c(Nc3ccccc3S(=O)(=O)C(C)C)n2)ccc1C1=CCN(C2COC2)CC1. The van der Waals surface area contributed by atoms with Gasteiger partial charge < -0.3 is 15.4 Å². The molecule has 10 heteroatoms. The highest BCUT2D eigenvalue weighted by Gasteiger charge is 2.27. The van der Waals surface area contributed by atoms with Crippen LogP contribution in [0.25, 0.3) is 5.57 Å². The van der Waals surface area contributed by atoms with Crippen molar-refractivity contribution < 1.29 is 13.2 Å². The molecule has 3 aromatic rings. The third-order valence-electron chi connectivity index (χ3n) is 7.02. The van der Waals surface area contributed by atoms with Crippen LogP contribution in [0, 0.1) is 6.92 Å². The van der Waals surface area contributed by atoms with Crippen LogP contribution < -0.4 is 10.6 Å². The van der Waals surface area contributed by atoms with Crippen molar-refractivity contribution in [2.45, 2.75) is 43.4 Å². The maximum atomic E-state index is 12.8. The first-order valence-corrected chi connectivity index (χ1v) is 14.7. The molecule has 38 heavy (non-hydrogen) atoms. The van der Waals surface area contributed by atoms with Gasteiger partial charge in [0.25, 0.3) is 0 Å². The van der Waals surface area contributed by atoms with Gasteiger partial charge in [-0.2, -0.15) is 4.98 Å². The number of nitrogens with one attached hydrogen (secondary N) is 2. The lowest BCUT2D eigenvalue weighted by Gasteiger charge is -2.39. The van der Waals surface area contributed by atoms with Gasteiger partial charge in [0.2, 0.25) is 5.95 Å². The molecule has 5 rings (SSSR count). The smallest absolute Gasteiger partial charge is 0.229 e. The summed E-state index contributed by atoms with van der Waals surface area (Å²) in [6, 6.07) is 13.5. The molecule has 0 atom stereocenters. The van der Waals surface area contributed by atoms with Gasteiger partial charge in [-0.25, -0.2) is 13.4 Å². The summed E-state index contributed by atoms with van der Waals surface area (Å²) in [6.07, 6.45) is 4.84. The van der Waals surface area contributed by atoms with Crippen molar-refractivity contribution in [2.75, 3.05) is 36.9 Å². The Labute approximate surface area is 229 Å². The van der Waals surface area contributed by atoms with Gasteiger partial charge in [0, 0.05) is 18.8 Å². The molecule has 200 valence electrons. The molecule has 0 saturated carbocycles. The first kappa shape index (κ1) is 26.6. The number of aryl methyl sites for hydroxylation is 1. The fraction of sp³-hybridized carbons (Fsp3) is 0.357. The number of benzene rings is 2. The van der Waals surface area contributed by atoms with E-state index in [4.69, 9.17) is 16.3 Å². The lowest BCUT2D eigenvalue weighted by atomic mass is 9.94. The molecule has 1 aromatic heterocycles. The fourth-order valence-electron chi connectivity index (χ4n) is 4.64. The predicted octanol–water partition coefficient (Wildman–Crippen LogP) is 5.60. The van der Waals surface area contributed by atoms with E-state index in [1.807, 2.05) is 6.07 Å². The Bertz CT molecular complexity index is 1470. The summed E-state index contributed by atoms with van der Waals surface area (Å²) in [5.41, 5.74) is 5.06. The average Bonchev–Trinajstić information content (AvgIpc) is 2.86. The quantitative estimate of drug-likeness (QED) is 0.372. The number of halogens is 1. The molecule has 1 saturated heterocycles. The second-order valence-corrected chi connectivity index (χ2v) is 12.8. The monoisotopic (exact) mass is 553 g/mol. The number of anilines is 4. The third-order valence-corrected chi connectivity index (χ3v) is 9.50. The van der Waals surface area contributed by atoms with Crippen molar-refractivity contribution in [2.24, 2.45) is 0 Å². The van der Waals surface area contributed by atoms with Gasteiger partial charge in [-0.15, -0.1) is 0 Å². The lowest BCUT2D eigenvalue weighted by Crippen LogP contribution is -2.50. The van der Waals surface area contributed by atoms with E-state index in [0.717, 1.165) is 38.4 Å². The van der Waals surface area contributed by atoms with Crippen molar-refractivity contribution in [1.29, 1.82) is 0 Å². The standard InChI is InChI=1S/C28H32ClN5O3S/c1-18(2)38(35,36)26-7-5-4-6-25(26)32-27-24(29)15-30-28(33-27)31-21-8-9-23(19(3)14-21)20-10-12-34(13-11-20)22-16-37-17-22/h4-10,14-15,18,22H,11-13,16-17H2,1-3H3,(H2,30,31,32,33). The van der Waals surface area contributed by atoms with Crippen LogP contribution in [0.1, 0.15) is 31.4 Å². The van der Waals surface area contributed by atoms with Crippen molar-refractivity contribution >= 4 is 50.2 Å².